The van der Waals surface area contributed by atoms with Crippen LogP contribution in [0.15, 0.2) is 17.1 Å². The highest BCUT2D eigenvalue weighted by molar-refractivity contribution is 6.32. The zero-order chi connectivity index (χ0) is 13.2. The Kier molecular flexibility index (Phi) is 3.69. The number of isocyanates is 1. The van der Waals surface area contributed by atoms with Gasteiger partial charge in [-0.05, 0) is 30.5 Å². The van der Waals surface area contributed by atoms with Crippen LogP contribution in [0.1, 0.15) is 31.2 Å². The Morgan fingerprint density at radius 2 is 2.11 bits per heavy atom. The van der Waals surface area contributed by atoms with E-state index >= 15 is 0 Å². The standard InChI is InChI=1S/C13H13ClFNO2/c1-18-12-10(14)6-9(7-11(12)15)13(16-8-17)4-2-3-5-13/h6-7H,2-5H2,1H3. The molecule has 0 heterocycles. The smallest absolute Gasteiger partial charge is 0.235 e. The first kappa shape index (κ1) is 13.1. The van der Waals surface area contributed by atoms with Crippen molar-refractivity contribution in [3.05, 3.63) is 28.5 Å². The van der Waals surface area contributed by atoms with Crippen molar-refractivity contribution in [1.29, 1.82) is 0 Å². The van der Waals surface area contributed by atoms with Gasteiger partial charge in [0.25, 0.3) is 0 Å². The first-order valence-electron chi connectivity index (χ1n) is 5.75. The molecule has 96 valence electrons. The number of carbonyl (C=O) groups excluding carboxylic acids is 1. The molecule has 0 atom stereocenters. The van der Waals surface area contributed by atoms with Gasteiger partial charge in [0.2, 0.25) is 6.08 Å². The molecule has 1 aromatic carbocycles. The summed E-state index contributed by atoms with van der Waals surface area (Å²) in [6.07, 6.45) is 4.93. The van der Waals surface area contributed by atoms with Crippen LogP contribution in [0.5, 0.6) is 5.75 Å². The van der Waals surface area contributed by atoms with E-state index in [2.05, 4.69) is 4.99 Å². The second-order valence-corrected chi connectivity index (χ2v) is 4.82. The molecular weight excluding hydrogens is 257 g/mol. The first-order chi connectivity index (χ1) is 8.63. The summed E-state index contributed by atoms with van der Waals surface area (Å²) in [7, 11) is 1.36. The number of aliphatic imine (C=N–C) groups is 1. The summed E-state index contributed by atoms with van der Waals surface area (Å²) < 4.78 is 18.7. The maximum absolute atomic E-state index is 13.8. The van der Waals surface area contributed by atoms with Crippen molar-refractivity contribution in [3.8, 4) is 5.75 Å². The Bertz CT molecular complexity index is 483. The molecule has 0 aromatic heterocycles. The summed E-state index contributed by atoms with van der Waals surface area (Å²) in [5.74, 6) is -0.518. The van der Waals surface area contributed by atoms with Gasteiger partial charge in [0.15, 0.2) is 11.6 Å². The zero-order valence-corrected chi connectivity index (χ0v) is 10.8. The van der Waals surface area contributed by atoms with Crippen molar-refractivity contribution in [2.75, 3.05) is 7.11 Å². The number of rotatable bonds is 3. The summed E-state index contributed by atoms with van der Waals surface area (Å²) in [5, 5.41) is 0.194. The molecule has 5 heteroatoms. The lowest BCUT2D eigenvalue weighted by atomic mass is 9.89. The lowest BCUT2D eigenvalue weighted by molar-refractivity contribution is 0.383. The lowest BCUT2D eigenvalue weighted by Gasteiger charge is -2.23. The maximum Gasteiger partial charge on any atom is 0.235 e. The molecule has 0 unspecified atom stereocenters. The van der Waals surface area contributed by atoms with Gasteiger partial charge in [-0.2, -0.15) is 4.99 Å². The van der Waals surface area contributed by atoms with Gasteiger partial charge < -0.3 is 4.74 Å². The second-order valence-electron chi connectivity index (χ2n) is 4.41. The zero-order valence-electron chi connectivity index (χ0n) is 10.0. The van der Waals surface area contributed by atoms with Crippen molar-refractivity contribution >= 4 is 17.7 Å². The van der Waals surface area contributed by atoms with Crippen LogP contribution >= 0.6 is 11.6 Å². The molecule has 0 amide bonds. The third kappa shape index (κ3) is 2.14. The van der Waals surface area contributed by atoms with Gasteiger partial charge in [-0.25, -0.2) is 9.18 Å². The minimum Gasteiger partial charge on any atom is -0.492 e. The Hall–Kier alpha value is -1.38. The van der Waals surface area contributed by atoms with Crippen molar-refractivity contribution in [2.24, 2.45) is 4.99 Å². The van der Waals surface area contributed by atoms with Crippen molar-refractivity contribution < 1.29 is 13.9 Å². The molecule has 1 fully saturated rings. The molecule has 1 aliphatic rings. The highest BCUT2D eigenvalue weighted by atomic mass is 35.5. The van der Waals surface area contributed by atoms with E-state index in [0.717, 1.165) is 12.8 Å². The van der Waals surface area contributed by atoms with E-state index in [9.17, 15) is 9.18 Å². The van der Waals surface area contributed by atoms with E-state index in [1.807, 2.05) is 0 Å². The van der Waals surface area contributed by atoms with Gasteiger partial charge in [0.1, 0.15) is 0 Å². The van der Waals surface area contributed by atoms with Crippen LogP contribution in [-0.2, 0) is 10.3 Å². The van der Waals surface area contributed by atoms with Crippen molar-refractivity contribution in [2.45, 2.75) is 31.2 Å². The molecule has 0 bridgehead atoms. The fourth-order valence-electron chi connectivity index (χ4n) is 2.54. The molecule has 0 aliphatic heterocycles. The van der Waals surface area contributed by atoms with Gasteiger partial charge >= 0.3 is 0 Å². The van der Waals surface area contributed by atoms with Crippen LogP contribution in [0.2, 0.25) is 5.02 Å². The molecule has 1 aromatic rings. The van der Waals surface area contributed by atoms with Gasteiger partial charge in [-0.15, -0.1) is 0 Å². The fourth-order valence-corrected chi connectivity index (χ4v) is 2.82. The fraction of sp³-hybridized carbons (Fsp3) is 0.462. The van der Waals surface area contributed by atoms with Crippen LogP contribution in [0.25, 0.3) is 0 Å². The summed E-state index contributed by atoms with van der Waals surface area (Å²) >= 11 is 5.97. The third-order valence-electron chi connectivity index (χ3n) is 3.43. The molecule has 18 heavy (non-hydrogen) atoms. The molecule has 3 nitrogen and oxygen atoms in total. The third-order valence-corrected chi connectivity index (χ3v) is 3.71. The minimum atomic E-state index is -0.668. The Morgan fingerprint density at radius 3 is 2.61 bits per heavy atom. The second kappa shape index (κ2) is 5.09. The summed E-state index contributed by atoms with van der Waals surface area (Å²) in [6, 6.07) is 2.96. The maximum atomic E-state index is 13.8. The lowest BCUT2D eigenvalue weighted by Crippen LogP contribution is -2.19. The van der Waals surface area contributed by atoms with Gasteiger partial charge in [0, 0.05) is 0 Å². The number of nitrogens with zero attached hydrogens (tertiary/aromatic N) is 1. The first-order valence-corrected chi connectivity index (χ1v) is 6.13. The van der Waals surface area contributed by atoms with Crippen LogP contribution < -0.4 is 4.74 Å². The van der Waals surface area contributed by atoms with Crippen LogP contribution in [0.4, 0.5) is 4.39 Å². The monoisotopic (exact) mass is 269 g/mol. The number of benzene rings is 1. The normalized spacial score (nSPS) is 17.3. The Balaban J connectivity index is 2.53. The largest absolute Gasteiger partial charge is 0.492 e. The van der Waals surface area contributed by atoms with E-state index in [-0.39, 0.29) is 10.8 Å². The predicted octanol–water partition coefficient (Wildman–Crippen LogP) is 3.59. The molecule has 0 spiro atoms. The average Bonchev–Trinajstić information content (AvgIpc) is 2.79. The van der Waals surface area contributed by atoms with E-state index in [1.54, 1.807) is 12.1 Å². The molecule has 2 rings (SSSR count). The van der Waals surface area contributed by atoms with E-state index in [1.165, 1.54) is 13.2 Å². The summed E-state index contributed by atoms with van der Waals surface area (Å²) in [6.45, 7) is 0. The highest BCUT2D eigenvalue weighted by Gasteiger charge is 2.36. The van der Waals surface area contributed by atoms with Gasteiger partial charge in [0.05, 0.1) is 17.7 Å². The molecule has 1 aliphatic carbocycles. The average molecular weight is 270 g/mol. The number of hydrogen-bond acceptors (Lipinski definition) is 3. The summed E-state index contributed by atoms with van der Waals surface area (Å²) in [4.78, 5) is 14.5. The highest BCUT2D eigenvalue weighted by Crippen LogP contribution is 2.44. The topological polar surface area (TPSA) is 38.7 Å². The van der Waals surface area contributed by atoms with Gasteiger partial charge in [-0.1, -0.05) is 24.4 Å². The van der Waals surface area contributed by atoms with Crippen LogP contribution in [-0.4, -0.2) is 13.2 Å². The van der Waals surface area contributed by atoms with Crippen molar-refractivity contribution in [1.82, 2.24) is 0 Å². The number of hydrogen-bond donors (Lipinski definition) is 0. The Labute approximate surface area is 110 Å². The van der Waals surface area contributed by atoms with Gasteiger partial charge in [-0.3, -0.25) is 0 Å². The minimum absolute atomic E-state index is 0.0173. The van der Waals surface area contributed by atoms with E-state index in [4.69, 9.17) is 16.3 Å². The number of methoxy groups -OCH3 is 1. The molecule has 0 radical (unpaired) electrons. The molecule has 0 N–H and O–H groups in total. The number of ether oxygens (including phenoxy) is 1. The van der Waals surface area contributed by atoms with E-state index in [0.29, 0.717) is 18.4 Å². The SMILES string of the molecule is COc1c(F)cc(C2(N=C=O)CCCC2)cc1Cl. The Morgan fingerprint density at radius 1 is 1.44 bits per heavy atom. The molecular formula is C13H13ClFNO2. The summed E-state index contributed by atoms with van der Waals surface area (Å²) in [5.41, 5.74) is -0.0509. The predicted molar refractivity (Wildman–Crippen MR) is 66.2 cm³/mol. The molecule has 1 saturated carbocycles. The van der Waals surface area contributed by atoms with Crippen molar-refractivity contribution in [3.63, 3.8) is 0 Å². The van der Waals surface area contributed by atoms with E-state index < -0.39 is 11.4 Å². The van der Waals surface area contributed by atoms with Crippen LogP contribution in [0, 0.1) is 5.82 Å². The molecule has 0 saturated heterocycles. The quantitative estimate of drug-likeness (QED) is 0.621. The van der Waals surface area contributed by atoms with Crippen LogP contribution in [0.3, 0.4) is 0 Å². The number of halogens is 2.